The fraction of sp³-hybridized carbons (Fsp3) is 0.583. The molecule has 0 spiro atoms. The van der Waals surface area contributed by atoms with Crippen LogP contribution in [0, 0.1) is 0 Å². The van der Waals surface area contributed by atoms with Crippen LogP contribution in [-0.4, -0.2) is 38.6 Å². The number of carbonyl (C=O) groups excluding carboxylic acids is 1. The Morgan fingerprint density at radius 2 is 2.45 bits per heavy atom. The number of aromatic nitrogens is 2. The van der Waals surface area contributed by atoms with E-state index in [1.807, 2.05) is 0 Å². The molecule has 0 amide bonds. The molecule has 1 saturated heterocycles. The lowest BCUT2D eigenvalue weighted by molar-refractivity contribution is -0.143. The Kier molecular flexibility index (Phi) is 4.66. The minimum absolute atomic E-state index is 0.145. The lowest BCUT2D eigenvalue weighted by atomic mass is 10.2. The van der Waals surface area contributed by atoms with Gasteiger partial charge >= 0.3 is 11.7 Å². The maximum atomic E-state index is 11.7. The Morgan fingerprint density at radius 1 is 1.70 bits per heavy atom. The van der Waals surface area contributed by atoms with Crippen molar-refractivity contribution in [2.45, 2.75) is 36.5 Å². The van der Waals surface area contributed by atoms with Crippen LogP contribution < -0.4 is 11.4 Å². The summed E-state index contributed by atoms with van der Waals surface area (Å²) in [4.78, 5) is 26.5. The number of ether oxygens (including phenoxy) is 1. The topological polar surface area (TPSA) is 107 Å². The summed E-state index contributed by atoms with van der Waals surface area (Å²) in [6.45, 7) is 1.86. The van der Waals surface area contributed by atoms with Crippen LogP contribution in [0.2, 0.25) is 0 Å². The average Bonchev–Trinajstić information content (AvgIpc) is 2.77. The van der Waals surface area contributed by atoms with E-state index in [1.165, 1.54) is 16.3 Å². The van der Waals surface area contributed by atoms with Crippen molar-refractivity contribution in [2.24, 2.45) is 0 Å². The molecule has 3 atom stereocenters. The van der Waals surface area contributed by atoms with Crippen LogP contribution in [0.25, 0.3) is 0 Å². The summed E-state index contributed by atoms with van der Waals surface area (Å²) in [6.07, 6.45) is 1.65. The zero-order valence-electron chi connectivity index (χ0n) is 11.1. The Morgan fingerprint density at radius 3 is 3.10 bits per heavy atom. The van der Waals surface area contributed by atoms with Crippen LogP contribution in [0.4, 0.5) is 5.82 Å². The molecule has 110 valence electrons. The number of esters is 1. The number of thioether (sulfide) groups is 1. The third-order valence-electron chi connectivity index (χ3n) is 3.06. The van der Waals surface area contributed by atoms with E-state index in [-0.39, 0.29) is 29.0 Å². The third kappa shape index (κ3) is 3.31. The van der Waals surface area contributed by atoms with Gasteiger partial charge in [0.25, 0.3) is 0 Å². The molecule has 1 aliphatic rings. The Hall–Kier alpha value is -1.54. The van der Waals surface area contributed by atoms with Gasteiger partial charge in [0.05, 0.1) is 16.7 Å². The number of nitrogens with zero attached hydrogens (tertiary/aromatic N) is 2. The number of aliphatic hydroxyl groups is 1. The fourth-order valence-electron chi connectivity index (χ4n) is 1.96. The molecule has 0 unspecified atom stereocenters. The van der Waals surface area contributed by atoms with Crippen LogP contribution in [0.15, 0.2) is 17.1 Å². The molecular weight excluding hydrogens is 282 g/mol. The fourth-order valence-corrected chi connectivity index (χ4v) is 3.40. The van der Waals surface area contributed by atoms with Crippen LogP contribution in [-0.2, 0) is 9.53 Å². The van der Waals surface area contributed by atoms with Crippen molar-refractivity contribution in [2.75, 3.05) is 12.3 Å². The van der Waals surface area contributed by atoms with Crippen molar-refractivity contribution in [3.8, 4) is 0 Å². The van der Waals surface area contributed by atoms with Gasteiger partial charge in [-0.15, -0.1) is 11.8 Å². The Bertz CT molecular complexity index is 548. The molecule has 1 aromatic heterocycles. The van der Waals surface area contributed by atoms with Crippen LogP contribution in [0.1, 0.15) is 25.1 Å². The quantitative estimate of drug-likeness (QED) is 0.762. The zero-order valence-corrected chi connectivity index (χ0v) is 11.9. The second-order valence-corrected chi connectivity index (χ2v) is 5.93. The van der Waals surface area contributed by atoms with Crippen molar-refractivity contribution in [3.05, 3.63) is 22.7 Å². The van der Waals surface area contributed by atoms with Gasteiger partial charge in [0, 0.05) is 19.0 Å². The highest BCUT2D eigenvalue weighted by molar-refractivity contribution is 8.00. The molecule has 2 heterocycles. The number of hydrogen-bond acceptors (Lipinski definition) is 7. The van der Waals surface area contributed by atoms with Crippen LogP contribution >= 0.6 is 11.8 Å². The highest BCUT2D eigenvalue weighted by Gasteiger charge is 2.36. The molecule has 20 heavy (non-hydrogen) atoms. The highest BCUT2D eigenvalue weighted by atomic mass is 32.2. The van der Waals surface area contributed by atoms with Crippen molar-refractivity contribution in [1.82, 2.24) is 9.55 Å². The summed E-state index contributed by atoms with van der Waals surface area (Å²) >= 11 is 1.40. The molecule has 8 heteroatoms. The lowest BCUT2D eigenvalue weighted by Crippen LogP contribution is -2.25. The summed E-state index contributed by atoms with van der Waals surface area (Å²) in [5, 5.41) is 9.52. The van der Waals surface area contributed by atoms with Gasteiger partial charge in [-0.1, -0.05) is 6.92 Å². The largest absolute Gasteiger partial charge is 0.464 e. The first-order valence-corrected chi connectivity index (χ1v) is 7.29. The van der Waals surface area contributed by atoms with Crippen molar-refractivity contribution in [1.29, 1.82) is 0 Å². The van der Waals surface area contributed by atoms with E-state index in [4.69, 9.17) is 10.5 Å². The van der Waals surface area contributed by atoms with E-state index in [1.54, 1.807) is 19.2 Å². The van der Waals surface area contributed by atoms with Crippen molar-refractivity contribution in [3.63, 3.8) is 0 Å². The van der Waals surface area contributed by atoms with Gasteiger partial charge in [-0.25, -0.2) is 4.79 Å². The molecule has 1 aromatic rings. The Balaban J connectivity index is 2.02. The first kappa shape index (κ1) is 14.9. The summed E-state index contributed by atoms with van der Waals surface area (Å²) in [6, 6.07) is 1.54. The second kappa shape index (κ2) is 6.27. The normalized spacial score (nSPS) is 25.6. The first-order chi connectivity index (χ1) is 9.51. The summed E-state index contributed by atoms with van der Waals surface area (Å²) < 4.78 is 6.47. The molecule has 1 fully saturated rings. The standard InChI is InChI=1S/C12H17N3O4S/c1-2-11(17)19-6-8-7(16)5-10(20-8)15-4-3-9(13)14-12(15)18/h3-4,7-8,10,16H,2,5-6H2,1H3,(H2,13,14,18)/t7-,8-,10-/m1/s1. The summed E-state index contributed by atoms with van der Waals surface area (Å²) in [5.74, 6) is -0.129. The van der Waals surface area contributed by atoms with Gasteiger partial charge in [0.15, 0.2) is 0 Å². The van der Waals surface area contributed by atoms with E-state index in [0.717, 1.165) is 0 Å². The number of carbonyl (C=O) groups is 1. The molecule has 0 saturated carbocycles. The Labute approximate surface area is 120 Å². The molecule has 7 nitrogen and oxygen atoms in total. The van der Waals surface area contributed by atoms with Gasteiger partial charge in [0.2, 0.25) is 0 Å². The SMILES string of the molecule is CCC(=O)OC[C@H]1S[C@@H](n2ccc(N)nc2=O)C[C@H]1O. The average molecular weight is 299 g/mol. The van der Waals surface area contributed by atoms with Crippen LogP contribution in [0.3, 0.4) is 0 Å². The van der Waals surface area contributed by atoms with Gasteiger partial charge < -0.3 is 15.6 Å². The number of hydrogen-bond donors (Lipinski definition) is 2. The van der Waals surface area contributed by atoms with Gasteiger partial charge in [-0.3, -0.25) is 9.36 Å². The van der Waals surface area contributed by atoms with Gasteiger partial charge in [-0.05, 0) is 6.07 Å². The zero-order chi connectivity index (χ0) is 14.7. The van der Waals surface area contributed by atoms with E-state index in [2.05, 4.69) is 4.98 Å². The van der Waals surface area contributed by atoms with E-state index >= 15 is 0 Å². The lowest BCUT2D eigenvalue weighted by Gasteiger charge is -2.14. The smallest absolute Gasteiger partial charge is 0.350 e. The molecule has 3 N–H and O–H groups in total. The predicted molar refractivity (Wildman–Crippen MR) is 75.2 cm³/mol. The van der Waals surface area contributed by atoms with Gasteiger partial charge in [0.1, 0.15) is 12.4 Å². The monoisotopic (exact) mass is 299 g/mol. The second-order valence-electron chi connectivity index (χ2n) is 4.51. The van der Waals surface area contributed by atoms with Gasteiger partial charge in [-0.2, -0.15) is 4.98 Å². The molecule has 0 aliphatic carbocycles. The summed E-state index contributed by atoms with van der Waals surface area (Å²) in [5.41, 5.74) is 5.00. The highest BCUT2D eigenvalue weighted by Crippen LogP contribution is 2.40. The molecule has 0 aromatic carbocycles. The summed E-state index contributed by atoms with van der Waals surface area (Å²) in [7, 11) is 0. The van der Waals surface area contributed by atoms with Crippen molar-refractivity contribution < 1.29 is 14.6 Å². The molecule has 0 bridgehead atoms. The molecule has 1 aliphatic heterocycles. The van der Waals surface area contributed by atoms with Crippen molar-refractivity contribution >= 4 is 23.5 Å². The minimum atomic E-state index is -0.626. The molecule has 2 rings (SSSR count). The predicted octanol–water partition coefficient (Wildman–Crippen LogP) is 0.144. The number of aliphatic hydroxyl groups excluding tert-OH is 1. The number of rotatable bonds is 4. The maximum Gasteiger partial charge on any atom is 0.350 e. The maximum absolute atomic E-state index is 11.7. The first-order valence-electron chi connectivity index (χ1n) is 6.35. The van der Waals surface area contributed by atoms with E-state index in [0.29, 0.717) is 12.8 Å². The minimum Gasteiger partial charge on any atom is -0.464 e. The van der Waals surface area contributed by atoms with Crippen LogP contribution in [0.5, 0.6) is 0 Å². The third-order valence-corrected chi connectivity index (χ3v) is 4.60. The number of nitrogens with two attached hydrogens (primary N) is 1. The molecule has 0 radical (unpaired) electrons. The van der Waals surface area contributed by atoms with E-state index in [9.17, 15) is 14.7 Å². The number of nitrogen functional groups attached to an aromatic ring is 1. The number of anilines is 1. The van der Waals surface area contributed by atoms with E-state index < -0.39 is 11.8 Å². The molecular formula is C12H17N3O4S.